The first-order chi connectivity index (χ1) is 12.1. The summed E-state index contributed by atoms with van der Waals surface area (Å²) in [5, 5.41) is 3.70. The highest BCUT2D eigenvalue weighted by Gasteiger charge is 2.64. The van der Waals surface area contributed by atoms with Gasteiger partial charge in [-0.3, -0.25) is 9.59 Å². The number of likely N-dealkylation sites (N-methyl/N-ethyl adjacent to an activating group) is 1. The highest BCUT2D eigenvalue weighted by Crippen LogP contribution is 2.56. The fourth-order valence-electron chi connectivity index (χ4n) is 5.78. The second-order valence-corrected chi connectivity index (χ2v) is 7.84. The van der Waals surface area contributed by atoms with Crippen LogP contribution in [-0.2, 0) is 19.7 Å². The molecule has 2 saturated heterocycles. The van der Waals surface area contributed by atoms with Crippen LogP contribution in [0.3, 0.4) is 0 Å². The van der Waals surface area contributed by atoms with Crippen molar-refractivity contribution in [3.63, 3.8) is 0 Å². The van der Waals surface area contributed by atoms with Crippen molar-refractivity contribution in [1.82, 2.24) is 5.32 Å². The van der Waals surface area contributed by atoms with E-state index in [1.807, 2.05) is 32.2 Å². The monoisotopic (exact) mass is 338 g/mol. The first-order valence-electron chi connectivity index (χ1n) is 9.00. The summed E-state index contributed by atoms with van der Waals surface area (Å²) >= 11 is 0. The third-order valence-electron chi connectivity index (χ3n) is 6.87. The third kappa shape index (κ3) is 1.72. The van der Waals surface area contributed by atoms with Crippen molar-refractivity contribution in [2.24, 2.45) is 11.8 Å². The molecule has 5 nitrogen and oxygen atoms in total. The minimum absolute atomic E-state index is 0.104. The lowest BCUT2D eigenvalue weighted by Crippen LogP contribution is -2.53. The Balaban J connectivity index is 1.63. The Hall–Kier alpha value is -2.14. The molecule has 1 N–H and O–H groups in total. The Kier molecular flexibility index (Phi) is 2.99. The molecule has 4 aliphatic rings. The van der Waals surface area contributed by atoms with Gasteiger partial charge in [-0.15, -0.1) is 0 Å². The number of para-hydroxylation sites is 1. The fraction of sp³-hybridized carbons (Fsp3) is 0.500. The van der Waals surface area contributed by atoms with Crippen molar-refractivity contribution >= 4 is 17.9 Å². The van der Waals surface area contributed by atoms with Gasteiger partial charge in [-0.1, -0.05) is 18.2 Å². The lowest BCUT2D eigenvalue weighted by atomic mass is 9.73. The number of fused-ring (bicyclic) bond motifs is 7. The van der Waals surface area contributed by atoms with Gasteiger partial charge in [0.15, 0.2) is 0 Å². The number of carbonyl (C=O) groups is 2. The fourth-order valence-corrected chi connectivity index (χ4v) is 5.78. The lowest BCUT2D eigenvalue weighted by Gasteiger charge is -2.41. The van der Waals surface area contributed by atoms with Crippen LogP contribution in [0, 0.1) is 11.8 Å². The number of allylic oxidation sites excluding steroid dienone is 1. The van der Waals surface area contributed by atoms with Crippen LogP contribution in [0.5, 0.6) is 0 Å². The minimum Gasteiger partial charge on any atom is -0.498 e. The van der Waals surface area contributed by atoms with E-state index in [1.54, 1.807) is 4.90 Å². The molecule has 0 radical (unpaired) electrons. The number of hydrogen-bond donors (Lipinski definition) is 1. The lowest BCUT2D eigenvalue weighted by molar-refractivity contribution is -0.123. The van der Waals surface area contributed by atoms with E-state index < -0.39 is 5.41 Å². The van der Waals surface area contributed by atoms with Gasteiger partial charge in [-0.05, 0) is 31.4 Å². The van der Waals surface area contributed by atoms with E-state index in [4.69, 9.17) is 4.74 Å². The summed E-state index contributed by atoms with van der Waals surface area (Å²) in [6.07, 6.45) is 2.57. The van der Waals surface area contributed by atoms with Gasteiger partial charge in [0, 0.05) is 42.2 Å². The van der Waals surface area contributed by atoms with Crippen LogP contribution >= 0.6 is 0 Å². The predicted molar refractivity (Wildman–Crippen MR) is 93.2 cm³/mol. The van der Waals surface area contributed by atoms with Gasteiger partial charge in [-0.2, -0.15) is 0 Å². The zero-order valence-corrected chi connectivity index (χ0v) is 14.5. The molecule has 0 saturated carbocycles. The Morgan fingerprint density at radius 1 is 1.36 bits per heavy atom. The first-order valence-corrected chi connectivity index (χ1v) is 9.00. The molecule has 0 unspecified atom stereocenters. The van der Waals surface area contributed by atoms with Crippen LogP contribution in [0.1, 0.15) is 25.3 Å². The molecular weight excluding hydrogens is 316 g/mol. The van der Waals surface area contributed by atoms with Crippen molar-refractivity contribution < 1.29 is 14.3 Å². The van der Waals surface area contributed by atoms with Crippen LogP contribution in [0.15, 0.2) is 35.6 Å². The number of carbonyl (C=O) groups excluding carboxylic acids is 2. The Bertz CT molecular complexity index is 817. The van der Waals surface area contributed by atoms with Crippen molar-refractivity contribution in [2.75, 3.05) is 18.6 Å². The van der Waals surface area contributed by atoms with Gasteiger partial charge in [0.05, 0.1) is 17.8 Å². The molecule has 2 bridgehead atoms. The molecule has 5 atom stereocenters. The van der Waals surface area contributed by atoms with Crippen LogP contribution in [0.25, 0.3) is 0 Å². The molecular formula is C20H22N2O3. The number of ether oxygens (including phenoxy) is 1. The summed E-state index contributed by atoms with van der Waals surface area (Å²) in [7, 11) is 1.87. The van der Waals surface area contributed by atoms with Gasteiger partial charge in [0.1, 0.15) is 6.29 Å². The zero-order chi connectivity index (χ0) is 17.3. The summed E-state index contributed by atoms with van der Waals surface area (Å²) < 4.78 is 5.77. The van der Waals surface area contributed by atoms with Crippen LogP contribution in [0.2, 0.25) is 0 Å². The highest BCUT2D eigenvalue weighted by atomic mass is 16.5. The molecule has 1 aromatic rings. The summed E-state index contributed by atoms with van der Waals surface area (Å²) in [4.78, 5) is 26.8. The zero-order valence-electron chi connectivity index (χ0n) is 14.5. The van der Waals surface area contributed by atoms with Gasteiger partial charge < -0.3 is 15.0 Å². The smallest absolute Gasteiger partial charge is 0.239 e. The summed E-state index contributed by atoms with van der Waals surface area (Å²) in [6.45, 7) is 2.52. The summed E-state index contributed by atoms with van der Waals surface area (Å²) in [5.74, 6) is 1.37. The number of benzene rings is 1. The number of piperidine rings is 1. The van der Waals surface area contributed by atoms with Gasteiger partial charge >= 0.3 is 0 Å². The molecule has 4 aliphatic heterocycles. The molecule has 1 aromatic carbocycles. The van der Waals surface area contributed by atoms with E-state index in [9.17, 15) is 9.59 Å². The van der Waals surface area contributed by atoms with Crippen molar-refractivity contribution in [2.45, 2.75) is 37.3 Å². The average molecular weight is 338 g/mol. The number of nitrogens with zero attached hydrogens (tertiary/aromatic N) is 1. The number of amides is 1. The molecule has 0 aromatic heterocycles. The normalized spacial score (nSPS) is 38.6. The quantitative estimate of drug-likeness (QED) is 0.793. The number of aldehydes is 1. The molecule has 1 amide bonds. The molecule has 5 rings (SSSR count). The maximum absolute atomic E-state index is 13.3. The van der Waals surface area contributed by atoms with E-state index in [1.165, 1.54) is 0 Å². The van der Waals surface area contributed by atoms with E-state index in [0.29, 0.717) is 12.5 Å². The minimum atomic E-state index is -0.505. The average Bonchev–Trinajstić information content (AvgIpc) is 3.05. The molecule has 2 fully saturated rings. The topological polar surface area (TPSA) is 58.6 Å². The predicted octanol–water partition coefficient (Wildman–Crippen LogP) is 1.77. The van der Waals surface area contributed by atoms with E-state index in [2.05, 4.69) is 11.4 Å². The third-order valence-corrected chi connectivity index (χ3v) is 6.87. The van der Waals surface area contributed by atoms with Crippen molar-refractivity contribution in [1.29, 1.82) is 0 Å². The van der Waals surface area contributed by atoms with Crippen LogP contribution < -0.4 is 10.2 Å². The first kappa shape index (κ1) is 15.1. The second kappa shape index (κ2) is 4.94. The standard InChI is InChI=1S/C20H22N2O3/c1-11-13(9-23)18-12(10-25-11)7-17-20(8-15(18)21-17)14-5-3-4-6-16(14)22(2)19(20)24/h3-6,9,12,15,17-18,21H,7-8,10H2,1-2H3/t12-,15+,17-,18-,20-/m1/s1. The van der Waals surface area contributed by atoms with E-state index >= 15 is 0 Å². The van der Waals surface area contributed by atoms with Gasteiger partial charge in [0.2, 0.25) is 5.91 Å². The van der Waals surface area contributed by atoms with Crippen molar-refractivity contribution in [3.05, 3.63) is 41.2 Å². The molecule has 5 heteroatoms. The van der Waals surface area contributed by atoms with Crippen molar-refractivity contribution in [3.8, 4) is 0 Å². The summed E-state index contributed by atoms with van der Waals surface area (Å²) in [6, 6.07) is 8.38. The van der Waals surface area contributed by atoms with Crippen LogP contribution in [-0.4, -0.2) is 37.9 Å². The SMILES string of the molecule is CC1=C(C=O)[C@H]2[C@@H](CO1)C[C@H]1N[C@H]2C[C@]12C(=O)N(C)c1ccccc12. The Labute approximate surface area is 147 Å². The number of hydrogen-bond acceptors (Lipinski definition) is 4. The molecule has 0 aliphatic carbocycles. The maximum atomic E-state index is 13.3. The Morgan fingerprint density at radius 2 is 2.16 bits per heavy atom. The molecule has 4 heterocycles. The van der Waals surface area contributed by atoms with E-state index in [-0.39, 0.29) is 23.9 Å². The van der Waals surface area contributed by atoms with Crippen LogP contribution in [0.4, 0.5) is 5.69 Å². The number of nitrogens with one attached hydrogen (secondary N) is 1. The maximum Gasteiger partial charge on any atom is 0.239 e. The number of anilines is 1. The molecule has 1 spiro atoms. The number of rotatable bonds is 1. The summed E-state index contributed by atoms with van der Waals surface area (Å²) in [5.41, 5.74) is 2.42. The van der Waals surface area contributed by atoms with Gasteiger partial charge in [0.25, 0.3) is 0 Å². The largest absolute Gasteiger partial charge is 0.498 e. The Morgan fingerprint density at radius 3 is 2.96 bits per heavy atom. The van der Waals surface area contributed by atoms with Gasteiger partial charge in [-0.25, -0.2) is 0 Å². The van der Waals surface area contributed by atoms with E-state index in [0.717, 1.165) is 41.7 Å². The molecule has 25 heavy (non-hydrogen) atoms. The molecule has 130 valence electrons. The highest BCUT2D eigenvalue weighted by molar-refractivity contribution is 6.08. The second-order valence-electron chi connectivity index (χ2n) is 7.84.